The Bertz CT molecular complexity index is 255. The molecule has 1 fully saturated rings. The number of oxazole rings is 1. The molecule has 0 spiro atoms. The second-order valence-electron chi connectivity index (χ2n) is 3.05. The summed E-state index contributed by atoms with van der Waals surface area (Å²) >= 11 is 5.59. The topological polar surface area (TPSA) is 38.1 Å². The molecule has 0 amide bonds. The van der Waals surface area contributed by atoms with Crippen molar-refractivity contribution in [2.24, 2.45) is 0 Å². The third-order valence-electron chi connectivity index (χ3n) is 2.25. The molecule has 0 aliphatic carbocycles. The normalized spacial score (nSPS) is 19.8. The molecule has 0 unspecified atom stereocenters. The first kappa shape index (κ1) is 8.08. The second-order valence-corrected chi connectivity index (χ2v) is 3.37. The lowest BCUT2D eigenvalue weighted by molar-refractivity contribution is 0.451. The van der Waals surface area contributed by atoms with Crippen LogP contribution in [-0.4, -0.2) is 18.1 Å². The Morgan fingerprint density at radius 2 is 2.25 bits per heavy atom. The number of aromatic nitrogens is 1. The molecule has 2 rings (SSSR count). The SMILES string of the molecule is Clc1nc(C2CCNCC2)co1. The van der Waals surface area contributed by atoms with Crippen molar-refractivity contribution < 1.29 is 4.42 Å². The maximum Gasteiger partial charge on any atom is 0.292 e. The minimum atomic E-state index is 0.253. The van der Waals surface area contributed by atoms with Gasteiger partial charge in [-0.05, 0) is 37.5 Å². The van der Waals surface area contributed by atoms with Gasteiger partial charge in [0.15, 0.2) is 0 Å². The average Bonchev–Trinajstić information content (AvgIpc) is 2.54. The summed E-state index contributed by atoms with van der Waals surface area (Å²) in [6, 6.07) is 0. The highest BCUT2D eigenvalue weighted by Gasteiger charge is 2.18. The van der Waals surface area contributed by atoms with Crippen molar-refractivity contribution in [1.82, 2.24) is 10.3 Å². The van der Waals surface area contributed by atoms with E-state index in [2.05, 4.69) is 10.3 Å². The largest absolute Gasteiger partial charge is 0.436 e. The first-order valence-corrected chi connectivity index (χ1v) is 4.55. The second kappa shape index (κ2) is 3.46. The fourth-order valence-electron chi connectivity index (χ4n) is 1.57. The summed E-state index contributed by atoms with van der Waals surface area (Å²) in [7, 11) is 0. The number of hydrogen-bond donors (Lipinski definition) is 1. The van der Waals surface area contributed by atoms with Crippen LogP contribution in [0.5, 0.6) is 0 Å². The van der Waals surface area contributed by atoms with Crippen molar-refractivity contribution in [2.45, 2.75) is 18.8 Å². The molecule has 4 heteroatoms. The summed E-state index contributed by atoms with van der Waals surface area (Å²) in [5, 5.41) is 3.55. The molecular weight excluding hydrogens is 176 g/mol. The van der Waals surface area contributed by atoms with Gasteiger partial charge in [-0.3, -0.25) is 0 Å². The Hall–Kier alpha value is -0.540. The molecule has 1 saturated heterocycles. The summed E-state index contributed by atoms with van der Waals surface area (Å²) in [5.41, 5.74) is 1.00. The monoisotopic (exact) mass is 186 g/mol. The highest BCUT2D eigenvalue weighted by molar-refractivity contribution is 6.27. The number of nitrogens with zero attached hydrogens (tertiary/aromatic N) is 1. The zero-order valence-electron chi connectivity index (χ0n) is 6.72. The highest BCUT2D eigenvalue weighted by atomic mass is 35.5. The van der Waals surface area contributed by atoms with Crippen molar-refractivity contribution in [1.29, 1.82) is 0 Å². The van der Waals surface area contributed by atoms with Gasteiger partial charge in [-0.15, -0.1) is 0 Å². The van der Waals surface area contributed by atoms with Crippen LogP contribution in [0.3, 0.4) is 0 Å². The van der Waals surface area contributed by atoms with Crippen LogP contribution in [0.25, 0.3) is 0 Å². The summed E-state index contributed by atoms with van der Waals surface area (Å²) < 4.78 is 4.95. The van der Waals surface area contributed by atoms with Gasteiger partial charge in [0.1, 0.15) is 6.26 Å². The molecule has 66 valence electrons. The Balaban J connectivity index is 2.08. The van der Waals surface area contributed by atoms with Crippen LogP contribution >= 0.6 is 11.6 Å². The van der Waals surface area contributed by atoms with Crippen LogP contribution in [0.1, 0.15) is 24.5 Å². The Morgan fingerprint density at radius 1 is 1.50 bits per heavy atom. The summed E-state index contributed by atoms with van der Waals surface area (Å²) in [6.45, 7) is 2.13. The molecule has 1 aromatic heterocycles. The first-order valence-electron chi connectivity index (χ1n) is 4.18. The minimum Gasteiger partial charge on any atom is -0.436 e. The maximum atomic E-state index is 5.59. The predicted molar refractivity (Wildman–Crippen MR) is 46.4 cm³/mol. The van der Waals surface area contributed by atoms with Gasteiger partial charge >= 0.3 is 0 Å². The van der Waals surface area contributed by atoms with Gasteiger partial charge in [-0.2, -0.15) is 0 Å². The lowest BCUT2D eigenvalue weighted by atomic mass is 9.95. The molecule has 1 aliphatic rings. The van der Waals surface area contributed by atoms with E-state index in [4.69, 9.17) is 16.0 Å². The Kier molecular flexibility index (Phi) is 2.33. The fourth-order valence-corrected chi connectivity index (χ4v) is 1.71. The smallest absolute Gasteiger partial charge is 0.292 e. The molecule has 2 heterocycles. The third kappa shape index (κ3) is 1.62. The van der Waals surface area contributed by atoms with Crippen molar-refractivity contribution >= 4 is 11.6 Å². The molecular formula is C8H11ClN2O. The van der Waals surface area contributed by atoms with Gasteiger partial charge in [-0.1, -0.05) is 0 Å². The molecule has 0 atom stereocenters. The lowest BCUT2D eigenvalue weighted by Crippen LogP contribution is -2.26. The molecule has 3 nitrogen and oxygen atoms in total. The molecule has 0 bridgehead atoms. The summed E-state index contributed by atoms with van der Waals surface area (Å²) in [5.74, 6) is 0.530. The number of rotatable bonds is 1. The molecule has 0 saturated carbocycles. The van der Waals surface area contributed by atoms with E-state index in [-0.39, 0.29) is 5.35 Å². The van der Waals surface area contributed by atoms with Crippen LogP contribution in [-0.2, 0) is 0 Å². The maximum absolute atomic E-state index is 5.59. The molecule has 0 radical (unpaired) electrons. The van der Waals surface area contributed by atoms with Crippen molar-refractivity contribution in [3.63, 3.8) is 0 Å². The van der Waals surface area contributed by atoms with Crippen LogP contribution in [0.15, 0.2) is 10.7 Å². The Morgan fingerprint density at radius 3 is 2.83 bits per heavy atom. The van der Waals surface area contributed by atoms with Crippen LogP contribution in [0.4, 0.5) is 0 Å². The van der Waals surface area contributed by atoms with Crippen molar-refractivity contribution in [3.8, 4) is 0 Å². The van der Waals surface area contributed by atoms with E-state index in [1.165, 1.54) is 0 Å². The quantitative estimate of drug-likeness (QED) is 0.727. The van der Waals surface area contributed by atoms with Gasteiger partial charge in [0, 0.05) is 5.92 Å². The van der Waals surface area contributed by atoms with Crippen molar-refractivity contribution in [2.75, 3.05) is 13.1 Å². The molecule has 1 aromatic rings. The number of halogens is 1. The molecule has 1 aliphatic heterocycles. The highest BCUT2D eigenvalue weighted by Crippen LogP contribution is 2.25. The first-order chi connectivity index (χ1) is 5.86. The zero-order valence-corrected chi connectivity index (χ0v) is 7.47. The van der Waals surface area contributed by atoms with Crippen molar-refractivity contribution in [3.05, 3.63) is 17.3 Å². The van der Waals surface area contributed by atoms with Crippen LogP contribution in [0, 0.1) is 0 Å². The van der Waals surface area contributed by atoms with Gasteiger partial charge < -0.3 is 9.73 Å². The average molecular weight is 187 g/mol. The van der Waals surface area contributed by atoms with E-state index in [9.17, 15) is 0 Å². The van der Waals surface area contributed by atoms with E-state index < -0.39 is 0 Å². The van der Waals surface area contributed by atoms with Gasteiger partial charge in [-0.25, -0.2) is 4.98 Å². The number of piperidine rings is 1. The summed E-state index contributed by atoms with van der Waals surface area (Å²) in [4.78, 5) is 4.11. The third-order valence-corrected chi connectivity index (χ3v) is 2.42. The van der Waals surface area contributed by atoms with E-state index in [1.54, 1.807) is 6.26 Å². The van der Waals surface area contributed by atoms with E-state index in [0.717, 1.165) is 31.6 Å². The summed E-state index contributed by atoms with van der Waals surface area (Å²) in [6.07, 6.45) is 3.92. The fraction of sp³-hybridized carbons (Fsp3) is 0.625. The van der Waals surface area contributed by atoms with Gasteiger partial charge in [0.2, 0.25) is 0 Å². The van der Waals surface area contributed by atoms with E-state index in [1.807, 2.05) is 0 Å². The lowest BCUT2D eigenvalue weighted by Gasteiger charge is -2.19. The van der Waals surface area contributed by atoms with E-state index in [0.29, 0.717) is 5.92 Å². The molecule has 12 heavy (non-hydrogen) atoms. The Labute approximate surface area is 76.1 Å². The van der Waals surface area contributed by atoms with E-state index >= 15 is 0 Å². The molecule has 0 aromatic carbocycles. The van der Waals surface area contributed by atoms with Crippen LogP contribution < -0.4 is 5.32 Å². The zero-order chi connectivity index (χ0) is 8.39. The van der Waals surface area contributed by atoms with Gasteiger partial charge in [0.25, 0.3) is 5.35 Å². The standard InChI is InChI=1S/C8H11ClN2O/c9-8-11-7(5-12-8)6-1-3-10-4-2-6/h5-6,10H,1-4H2. The number of hydrogen-bond acceptors (Lipinski definition) is 3. The minimum absolute atomic E-state index is 0.253. The van der Waals surface area contributed by atoms with Crippen LogP contribution in [0.2, 0.25) is 5.35 Å². The predicted octanol–water partition coefficient (Wildman–Crippen LogP) is 1.79. The molecule has 1 N–H and O–H groups in total. The van der Waals surface area contributed by atoms with Gasteiger partial charge in [0.05, 0.1) is 5.69 Å². The number of nitrogens with one attached hydrogen (secondary N) is 1.